The van der Waals surface area contributed by atoms with Crippen LogP contribution >= 0.6 is 0 Å². The summed E-state index contributed by atoms with van der Waals surface area (Å²) in [6.07, 6.45) is 6.45. The van der Waals surface area contributed by atoms with Crippen molar-refractivity contribution in [1.82, 2.24) is 4.90 Å². The van der Waals surface area contributed by atoms with Crippen LogP contribution in [0.5, 0.6) is 11.5 Å². The molecule has 3 aromatic carbocycles. The molecule has 0 aromatic heterocycles. The Morgan fingerprint density at radius 2 is 1.66 bits per heavy atom. The summed E-state index contributed by atoms with van der Waals surface area (Å²) in [5.74, 6) is 1.54. The molecule has 0 saturated carbocycles. The van der Waals surface area contributed by atoms with E-state index in [1.165, 1.54) is 11.1 Å². The van der Waals surface area contributed by atoms with E-state index < -0.39 is 0 Å². The van der Waals surface area contributed by atoms with Gasteiger partial charge in [0, 0.05) is 24.2 Å². The lowest BCUT2D eigenvalue weighted by Gasteiger charge is -2.39. The molecule has 5 heteroatoms. The summed E-state index contributed by atoms with van der Waals surface area (Å²) in [6.45, 7) is 3.66. The third-order valence-corrected chi connectivity index (χ3v) is 7.22. The molecule has 1 spiro atoms. The maximum Gasteiger partial charge on any atom is 0.264 e. The molecule has 180 valence electrons. The average Bonchev–Trinajstić information content (AvgIpc) is 3.23. The first kappa shape index (κ1) is 23.2. The number of likely N-dealkylation sites (tertiary alicyclic amines) is 1. The molecule has 1 fully saturated rings. The number of methoxy groups -OCH3 is 1. The summed E-state index contributed by atoms with van der Waals surface area (Å²) in [4.78, 5) is 17.7. The van der Waals surface area contributed by atoms with Crippen LogP contribution in [0.3, 0.4) is 0 Å². The number of nitrogens with zero attached hydrogens (tertiary/aromatic N) is 2. The van der Waals surface area contributed by atoms with E-state index in [1.54, 1.807) is 7.11 Å². The topological polar surface area (TPSA) is 42.0 Å². The number of hydrogen-bond donors (Lipinski definition) is 0. The van der Waals surface area contributed by atoms with Gasteiger partial charge in [-0.3, -0.25) is 9.69 Å². The SMILES string of the molecule is COc1ccc2c(c1)C1(CCN(CC=Cc3ccccc3)CC1)CN2C(=O)COc1ccccc1. The van der Waals surface area contributed by atoms with Crippen molar-refractivity contribution in [3.8, 4) is 11.5 Å². The van der Waals surface area contributed by atoms with Gasteiger partial charge in [0.2, 0.25) is 0 Å². The third kappa shape index (κ3) is 5.10. The molecule has 3 aromatic rings. The van der Waals surface area contributed by atoms with E-state index in [0.717, 1.165) is 43.9 Å². The number of fused-ring (bicyclic) bond motifs is 2. The Labute approximate surface area is 207 Å². The lowest BCUT2D eigenvalue weighted by atomic mass is 9.74. The van der Waals surface area contributed by atoms with Crippen molar-refractivity contribution in [2.45, 2.75) is 18.3 Å². The van der Waals surface area contributed by atoms with Crippen molar-refractivity contribution >= 4 is 17.7 Å². The maximum absolute atomic E-state index is 13.3. The van der Waals surface area contributed by atoms with E-state index in [9.17, 15) is 4.79 Å². The molecule has 0 bridgehead atoms. The summed E-state index contributed by atoms with van der Waals surface area (Å²) in [7, 11) is 1.70. The molecule has 0 atom stereocenters. The third-order valence-electron chi connectivity index (χ3n) is 7.22. The van der Waals surface area contributed by atoms with E-state index in [1.807, 2.05) is 53.4 Å². The van der Waals surface area contributed by atoms with E-state index in [-0.39, 0.29) is 17.9 Å². The normalized spacial score (nSPS) is 17.0. The molecule has 0 aliphatic carbocycles. The summed E-state index contributed by atoms with van der Waals surface area (Å²) in [5.41, 5.74) is 3.39. The highest BCUT2D eigenvalue weighted by Crippen LogP contribution is 2.48. The molecule has 0 radical (unpaired) electrons. The van der Waals surface area contributed by atoms with E-state index in [4.69, 9.17) is 9.47 Å². The number of piperidine rings is 1. The van der Waals surface area contributed by atoms with Gasteiger partial charge in [0.05, 0.1) is 7.11 Å². The maximum atomic E-state index is 13.3. The molecular weight excluding hydrogens is 436 g/mol. The van der Waals surface area contributed by atoms with Crippen LogP contribution < -0.4 is 14.4 Å². The van der Waals surface area contributed by atoms with Gasteiger partial charge in [-0.05, 0) is 67.4 Å². The molecule has 35 heavy (non-hydrogen) atoms. The minimum absolute atomic E-state index is 0.00892. The number of ether oxygens (including phenoxy) is 2. The van der Waals surface area contributed by atoms with Crippen molar-refractivity contribution in [2.24, 2.45) is 0 Å². The first-order valence-corrected chi connectivity index (χ1v) is 12.3. The summed E-state index contributed by atoms with van der Waals surface area (Å²) >= 11 is 0. The monoisotopic (exact) mass is 468 g/mol. The van der Waals surface area contributed by atoms with Gasteiger partial charge in [0.15, 0.2) is 6.61 Å². The molecule has 2 aliphatic heterocycles. The molecule has 0 N–H and O–H groups in total. The van der Waals surface area contributed by atoms with Gasteiger partial charge in [-0.1, -0.05) is 60.7 Å². The Balaban J connectivity index is 1.27. The Kier molecular flexibility index (Phi) is 6.87. The van der Waals surface area contributed by atoms with E-state index in [0.29, 0.717) is 12.3 Å². The van der Waals surface area contributed by atoms with Crippen molar-refractivity contribution in [3.63, 3.8) is 0 Å². The van der Waals surface area contributed by atoms with Gasteiger partial charge in [-0.2, -0.15) is 0 Å². The van der Waals surface area contributed by atoms with Gasteiger partial charge >= 0.3 is 0 Å². The van der Waals surface area contributed by atoms with Crippen molar-refractivity contribution in [2.75, 3.05) is 44.8 Å². The van der Waals surface area contributed by atoms with Crippen LogP contribution in [0.25, 0.3) is 6.08 Å². The summed E-state index contributed by atoms with van der Waals surface area (Å²) in [6, 6.07) is 26.0. The minimum atomic E-state index is -0.0497. The van der Waals surface area contributed by atoms with Crippen LogP contribution in [0.2, 0.25) is 0 Å². The fourth-order valence-corrected chi connectivity index (χ4v) is 5.23. The van der Waals surface area contributed by atoms with Crippen LogP contribution in [0, 0.1) is 0 Å². The molecule has 2 aliphatic rings. The predicted molar refractivity (Wildman–Crippen MR) is 140 cm³/mol. The van der Waals surface area contributed by atoms with Crippen LogP contribution in [0.1, 0.15) is 24.0 Å². The van der Waals surface area contributed by atoms with Crippen LogP contribution in [0.4, 0.5) is 5.69 Å². The number of carbonyl (C=O) groups is 1. The molecule has 5 rings (SSSR count). The van der Waals surface area contributed by atoms with Gasteiger partial charge in [-0.25, -0.2) is 0 Å². The average molecular weight is 469 g/mol. The number of rotatable bonds is 7. The Morgan fingerprint density at radius 3 is 2.37 bits per heavy atom. The molecule has 2 heterocycles. The Hall–Kier alpha value is -3.57. The molecular formula is C30H32N2O3. The highest BCUT2D eigenvalue weighted by atomic mass is 16.5. The molecule has 1 amide bonds. The Bertz CT molecular complexity index is 1170. The zero-order valence-corrected chi connectivity index (χ0v) is 20.2. The lowest BCUT2D eigenvalue weighted by molar-refractivity contribution is -0.120. The zero-order valence-electron chi connectivity index (χ0n) is 20.2. The van der Waals surface area contributed by atoms with E-state index >= 15 is 0 Å². The number of anilines is 1. The van der Waals surface area contributed by atoms with Gasteiger partial charge in [0.25, 0.3) is 5.91 Å². The van der Waals surface area contributed by atoms with Crippen LogP contribution in [-0.2, 0) is 10.2 Å². The second kappa shape index (κ2) is 10.4. The Morgan fingerprint density at radius 1 is 0.943 bits per heavy atom. The standard InChI is InChI=1S/C30H32N2O3/c1-34-26-14-15-28-27(21-26)30(23-32(28)29(33)22-35-25-12-6-3-7-13-25)16-19-31(20-17-30)18-8-11-24-9-4-2-5-10-24/h2-15,21H,16-20,22-23H2,1H3. The second-order valence-corrected chi connectivity index (χ2v) is 9.36. The van der Waals surface area contributed by atoms with Crippen LogP contribution in [-0.4, -0.2) is 50.7 Å². The highest BCUT2D eigenvalue weighted by Gasteiger charge is 2.46. The van der Waals surface area contributed by atoms with Gasteiger partial charge in [0.1, 0.15) is 11.5 Å². The quantitative estimate of drug-likeness (QED) is 0.480. The zero-order chi connectivity index (χ0) is 24.1. The number of amides is 1. The largest absolute Gasteiger partial charge is 0.497 e. The van der Waals surface area contributed by atoms with Gasteiger partial charge < -0.3 is 14.4 Å². The summed E-state index contributed by atoms with van der Waals surface area (Å²) in [5, 5.41) is 0. The number of carbonyl (C=O) groups excluding carboxylic acids is 1. The number of para-hydroxylation sites is 1. The lowest BCUT2D eigenvalue weighted by Crippen LogP contribution is -2.46. The van der Waals surface area contributed by atoms with Crippen LogP contribution in [0.15, 0.2) is 84.9 Å². The minimum Gasteiger partial charge on any atom is -0.497 e. The number of benzene rings is 3. The predicted octanol–water partition coefficient (Wildman–Crippen LogP) is 5.17. The smallest absolute Gasteiger partial charge is 0.264 e. The number of hydrogen-bond acceptors (Lipinski definition) is 4. The molecule has 1 saturated heterocycles. The fourth-order valence-electron chi connectivity index (χ4n) is 5.23. The summed E-state index contributed by atoms with van der Waals surface area (Å²) < 4.78 is 11.3. The molecule has 5 nitrogen and oxygen atoms in total. The van der Waals surface area contributed by atoms with Gasteiger partial charge in [-0.15, -0.1) is 0 Å². The second-order valence-electron chi connectivity index (χ2n) is 9.36. The molecule has 0 unspecified atom stereocenters. The first-order valence-electron chi connectivity index (χ1n) is 12.3. The fraction of sp³-hybridized carbons (Fsp3) is 0.300. The first-order chi connectivity index (χ1) is 17.2. The van der Waals surface area contributed by atoms with E-state index in [2.05, 4.69) is 47.4 Å². The van der Waals surface area contributed by atoms with Crippen molar-refractivity contribution in [1.29, 1.82) is 0 Å². The van der Waals surface area contributed by atoms with Crippen molar-refractivity contribution < 1.29 is 14.3 Å². The van der Waals surface area contributed by atoms with Crippen molar-refractivity contribution in [3.05, 3.63) is 96.1 Å². The highest BCUT2D eigenvalue weighted by molar-refractivity contribution is 5.97.